The summed E-state index contributed by atoms with van der Waals surface area (Å²) in [6, 6.07) is 7.62. The van der Waals surface area contributed by atoms with Crippen molar-refractivity contribution in [3.63, 3.8) is 0 Å². The van der Waals surface area contributed by atoms with E-state index in [0.29, 0.717) is 7.11 Å². The van der Waals surface area contributed by atoms with Gasteiger partial charge in [0.1, 0.15) is 4.60 Å². The molecule has 0 spiro atoms. The molecule has 0 saturated heterocycles. The molecule has 28 heavy (non-hydrogen) atoms. The summed E-state index contributed by atoms with van der Waals surface area (Å²) in [7, 11) is 0.646. The number of hydrogen-bond donors (Lipinski definition) is 0. The number of aromatic nitrogens is 1. The lowest BCUT2D eigenvalue weighted by molar-refractivity contribution is -0.349. The molecule has 1 aromatic heterocycles. The number of halogens is 9. The van der Waals surface area contributed by atoms with Gasteiger partial charge in [-0.05, 0) is 34.0 Å². The molecule has 0 atom stereocenters. The molecule has 2 aromatic rings. The number of benzene rings is 1. The van der Waals surface area contributed by atoms with Crippen LogP contribution in [0.3, 0.4) is 0 Å². The average Bonchev–Trinajstić information content (AvgIpc) is 2.60. The first kappa shape index (κ1) is 21.9. The molecule has 0 N–H and O–H groups in total. The van der Waals surface area contributed by atoms with Gasteiger partial charge in [0.2, 0.25) is 0 Å². The summed E-state index contributed by atoms with van der Waals surface area (Å²) >= 11 is 2.57. The SMILES string of the molecule is COc1c(Br)nc(C#Cc2ccccc2)c(F)c1C(F)(C(F)(F)F)C(F)(F)F. The molecule has 150 valence electrons. The van der Waals surface area contributed by atoms with Crippen LogP contribution in [0.2, 0.25) is 0 Å². The van der Waals surface area contributed by atoms with Crippen molar-refractivity contribution in [2.24, 2.45) is 0 Å². The van der Waals surface area contributed by atoms with E-state index in [1.807, 2.05) is 5.92 Å². The predicted molar refractivity (Wildman–Crippen MR) is 85.8 cm³/mol. The molecule has 2 nitrogen and oxygen atoms in total. The zero-order valence-electron chi connectivity index (χ0n) is 13.6. The van der Waals surface area contributed by atoms with Crippen molar-refractivity contribution >= 4 is 15.9 Å². The normalized spacial score (nSPS) is 12.4. The highest BCUT2D eigenvalue weighted by atomic mass is 79.9. The van der Waals surface area contributed by atoms with Gasteiger partial charge in [-0.15, -0.1) is 0 Å². The Morgan fingerprint density at radius 3 is 1.93 bits per heavy atom. The third-order valence-corrected chi connectivity index (χ3v) is 4.02. The summed E-state index contributed by atoms with van der Waals surface area (Å²) in [6.45, 7) is 0. The monoisotopic (exact) mass is 473 g/mol. The van der Waals surface area contributed by atoms with Crippen molar-refractivity contribution in [1.29, 1.82) is 0 Å². The molecular formula is C17H8BrF8NO. The third kappa shape index (κ3) is 3.78. The van der Waals surface area contributed by atoms with Crippen molar-refractivity contribution in [3.05, 3.63) is 57.6 Å². The number of ether oxygens (including phenoxy) is 1. The highest BCUT2D eigenvalue weighted by Crippen LogP contribution is 2.57. The molecule has 0 aliphatic rings. The first-order valence-electron chi connectivity index (χ1n) is 7.17. The maximum Gasteiger partial charge on any atom is 0.436 e. The minimum absolute atomic E-state index is 0.273. The molecule has 1 aromatic carbocycles. The van der Waals surface area contributed by atoms with Crippen LogP contribution in [0.4, 0.5) is 35.1 Å². The van der Waals surface area contributed by atoms with Crippen LogP contribution < -0.4 is 4.74 Å². The van der Waals surface area contributed by atoms with Gasteiger partial charge in [0.15, 0.2) is 17.3 Å². The van der Waals surface area contributed by atoms with Gasteiger partial charge in [-0.3, -0.25) is 0 Å². The van der Waals surface area contributed by atoms with E-state index in [1.54, 1.807) is 18.2 Å². The number of pyridine rings is 1. The zero-order chi connectivity index (χ0) is 21.3. The zero-order valence-corrected chi connectivity index (χ0v) is 15.2. The number of hydrogen-bond acceptors (Lipinski definition) is 2. The quantitative estimate of drug-likeness (QED) is 0.318. The molecule has 1 heterocycles. The third-order valence-electron chi connectivity index (χ3n) is 3.48. The average molecular weight is 474 g/mol. The van der Waals surface area contributed by atoms with Crippen LogP contribution in [0.15, 0.2) is 34.9 Å². The Kier molecular flexibility index (Phi) is 5.94. The maximum atomic E-state index is 14.7. The second-order valence-electron chi connectivity index (χ2n) is 5.24. The molecule has 0 aliphatic heterocycles. The van der Waals surface area contributed by atoms with Crippen LogP contribution in [-0.4, -0.2) is 24.4 Å². The summed E-state index contributed by atoms with van der Waals surface area (Å²) in [5, 5.41) is 0. The second kappa shape index (κ2) is 7.58. The van der Waals surface area contributed by atoms with E-state index in [9.17, 15) is 35.1 Å². The Bertz CT molecular complexity index is 915. The van der Waals surface area contributed by atoms with E-state index in [0.717, 1.165) is 0 Å². The lowest BCUT2D eigenvalue weighted by Crippen LogP contribution is -2.51. The summed E-state index contributed by atoms with van der Waals surface area (Å²) < 4.78 is 111. The Hall–Kier alpha value is -2.35. The fourth-order valence-electron chi connectivity index (χ4n) is 2.19. The van der Waals surface area contributed by atoms with Crippen molar-refractivity contribution in [1.82, 2.24) is 4.98 Å². The smallest absolute Gasteiger partial charge is 0.436 e. The first-order valence-corrected chi connectivity index (χ1v) is 7.96. The Balaban J connectivity index is 2.84. The van der Waals surface area contributed by atoms with Gasteiger partial charge in [-0.1, -0.05) is 24.1 Å². The van der Waals surface area contributed by atoms with Gasteiger partial charge in [-0.25, -0.2) is 13.8 Å². The molecule has 0 amide bonds. The number of alkyl halides is 7. The fraction of sp³-hybridized carbons (Fsp3) is 0.235. The van der Waals surface area contributed by atoms with Gasteiger partial charge in [-0.2, -0.15) is 26.3 Å². The fourth-order valence-corrected chi connectivity index (χ4v) is 2.73. The molecule has 0 aliphatic carbocycles. The van der Waals surface area contributed by atoms with Crippen LogP contribution in [-0.2, 0) is 5.67 Å². The van der Waals surface area contributed by atoms with Crippen molar-refractivity contribution in [2.75, 3.05) is 7.11 Å². The Morgan fingerprint density at radius 1 is 0.929 bits per heavy atom. The van der Waals surface area contributed by atoms with Gasteiger partial charge in [0.05, 0.1) is 12.7 Å². The van der Waals surface area contributed by atoms with Gasteiger partial charge in [0.25, 0.3) is 0 Å². The van der Waals surface area contributed by atoms with Crippen LogP contribution in [0.5, 0.6) is 5.75 Å². The molecule has 0 unspecified atom stereocenters. The second-order valence-corrected chi connectivity index (χ2v) is 5.99. The molecule has 0 fully saturated rings. The van der Waals surface area contributed by atoms with Crippen LogP contribution >= 0.6 is 15.9 Å². The number of methoxy groups -OCH3 is 1. The van der Waals surface area contributed by atoms with Crippen molar-refractivity contribution < 1.29 is 39.9 Å². The summed E-state index contributed by atoms with van der Waals surface area (Å²) in [6.07, 6.45) is -13.1. The van der Waals surface area contributed by atoms with Crippen molar-refractivity contribution in [3.8, 4) is 17.6 Å². The maximum absolute atomic E-state index is 14.7. The number of rotatable bonds is 2. The molecule has 0 saturated carbocycles. The Morgan fingerprint density at radius 2 is 1.46 bits per heavy atom. The number of nitrogens with zero attached hydrogens (tertiary/aromatic N) is 1. The standard InChI is InChI=1S/C17H8BrF8NO/c1-28-13-11(15(20,16(21,22)23)17(24,25)26)12(19)10(27-14(13)18)8-7-9-5-3-2-4-6-9/h2-6H,1H3. The summed E-state index contributed by atoms with van der Waals surface area (Å²) in [5.74, 6) is 0.713. The van der Waals surface area contributed by atoms with E-state index in [2.05, 4.69) is 31.6 Å². The highest BCUT2D eigenvalue weighted by Gasteiger charge is 2.75. The Labute approximate surface area is 161 Å². The lowest BCUT2D eigenvalue weighted by atomic mass is 9.92. The highest BCUT2D eigenvalue weighted by molar-refractivity contribution is 9.10. The van der Waals surface area contributed by atoms with Crippen LogP contribution in [0, 0.1) is 17.7 Å². The van der Waals surface area contributed by atoms with E-state index < -0.39 is 45.4 Å². The minimum Gasteiger partial charge on any atom is -0.493 e. The van der Waals surface area contributed by atoms with Gasteiger partial charge in [0, 0.05) is 5.56 Å². The largest absolute Gasteiger partial charge is 0.493 e. The molecule has 2 rings (SSSR count). The summed E-state index contributed by atoms with van der Waals surface area (Å²) in [4.78, 5) is 3.44. The van der Waals surface area contributed by atoms with E-state index in [1.165, 1.54) is 12.1 Å². The molecular weight excluding hydrogens is 466 g/mol. The molecule has 11 heteroatoms. The van der Waals surface area contributed by atoms with Gasteiger partial charge < -0.3 is 4.74 Å². The van der Waals surface area contributed by atoms with Crippen molar-refractivity contribution in [2.45, 2.75) is 18.0 Å². The topological polar surface area (TPSA) is 22.1 Å². The summed E-state index contributed by atoms with van der Waals surface area (Å²) in [5.41, 5.74) is -9.31. The first-order chi connectivity index (χ1) is 12.8. The van der Waals surface area contributed by atoms with E-state index in [-0.39, 0.29) is 5.56 Å². The molecule has 0 bridgehead atoms. The molecule has 0 radical (unpaired) electrons. The van der Waals surface area contributed by atoms with Gasteiger partial charge >= 0.3 is 18.0 Å². The van der Waals surface area contributed by atoms with Crippen LogP contribution in [0.1, 0.15) is 16.8 Å². The lowest BCUT2D eigenvalue weighted by Gasteiger charge is -2.31. The minimum atomic E-state index is -6.54. The predicted octanol–water partition coefficient (Wildman–Crippen LogP) is 5.68. The van der Waals surface area contributed by atoms with E-state index >= 15 is 0 Å². The van der Waals surface area contributed by atoms with Crippen LogP contribution in [0.25, 0.3) is 0 Å². The van der Waals surface area contributed by atoms with E-state index in [4.69, 9.17) is 0 Å².